The van der Waals surface area contributed by atoms with Crippen LogP contribution in [0.1, 0.15) is 60.2 Å². The quantitative estimate of drug-likeness (QED) is 0.390. The summed E-state index contributed by atoms with van der Waals surface area (Å²) in [6.07, 6.45) is 6.63. The van der Waals surface area contributed by atoms with Crippen molar-refractivity contribution in [2.24, 2.45) is 5.92 Å². The van der Waals surface area contributed by atoms with Gasteiger partial charge >= 0.3 is 0 Å². The number of pyridine rings is 1. The number of carbonyl (C=O) groups is 1. The Bertz CT molecular complexity index is 1140. The molecule has 0 bridgehead atoms. The molecule has 0 fully saturated rings. The molecule has 0 unspecified atom stereocenters. The predicted octanol–water partition coefficient (Wildman–Crippen LogP) is 6.69. The molecule has 166 valence electrons. The van der Waals surface area contributed by atoms with Gasteiger partial charge in [0.05, 0.1) is 11.3 Å². The van der Waals surface area contributed by atoms with Crippen molar-refractivity contribution in [3.8, 4) is 5.75 Å². The van der Waals surface area contributed by atoms with Gasteiger partial charge in [0, 0.05) is 30.1 Å². The molecule has 3 aromatic rings. The number of carbonyl (C=O) groups excluding carboxylic acids is 1. The van der Waals surface area contributed by atoms with Crippen molar-refractivity contribution in [1.29, 1.82) is 0 Å². The number of rotatable bonds is 7. The molecule has 0 atom stereocenters. The van der Waals surface area contributed by atoms with Gasteiger partial charge in [-0.15, -0.1) is 0 Å². The molecule has 0 spiro atoms. The van der Waals surface area contributed by atoms with Gasteiger partial charge in [-0.25, -0.2) is 4.98 Å². The van der Waals surface area contributed by atoms with E-state index in [4.69, 9.17) is 0 Å². The van der Waals surface area contributed by atoms with Crippen LogP contribution in [0.3, 0.4) is 0 Å². The standard InChI is InChI=1S/C27H31N3O2/c1-4-18(5-2)7-8-19-9-11-22-20(14-19)15-25(32)26-23(12-13-28-27(26)30-22)29-24-16-21(31)10-6-17(24)3/h6,9-14,16,18,31H,4-5,7-8,15H2,1-3H3,(H2,28,29,30). The first-order chi connectivity index (χ1) is 15.5. The Kier molecular flexibility index (Phi) is 6.45. The fourth-order valence-electron chi connectivity index (χ4n) is 4.36. The van der Waals surface area contributed by atoms with Crippen molar-refractivity contribution in [3.63, 3.8) is 0 Å². The third kappa shape index (κ3) is 4.62. The average molecular weight is 430 g/mol. The number of hydrogen-bond donors (Lipinski definition) is 3. The highest BCUT2D eigenvalue weighted by atomic mass is 16.3. The van der Waals surface area contributed by atoms with Gasteiger partial charge in [-0.2, -0.15) is 0 Å². The highest BCUT2D eigenvalue weighted by Gasteiger charge is 2.24. The normalized spacial score (nSPS) is 12.7. The van der Waals surface area contributed by atoms with E-state index < -0.39 is 0 Å². The Morgan fingerprint density at radius 2 is 1.91 bits per heavy atom. The fourth-order valence-corrected chi connectivity index (χ4v) is 4.36. The van der Waals surface area contributed by atoms with Crippen molar-refractivity contribution in [3.05, 3.63) is 70.9 Å². The lowest BCUT2D eigenvalue weighted by molar-refractivity contribution is 0.0995. The highest BCUT2D eigenvalue weighted by molar-refractivity contribution is 6.09. The first-order valence-electron chi connectivity index (χ1n) is 11.5. The monoisotopic (exact) mass is 429 g/mol. The molecule has 5 nitrogen and oxygen atoms in total. The molecule has 0 amide bonds. The summed E-state index contributed by atoms with van der Waals surface area (Å²) in [5, 5.41) is 16.6. The predicted molar refractivity (Wildman–Crippen MR) is 131 cm³/mol. The van der Waals surface area contributed by atoms with Crippen molar-refractivity contribution < 1.29 is 9.90 Å². The number of aryl methyl sites for hydroxylation is 2. The van der Waals surface area contributed by atoms with E-state index in [0.717, 1.165) is 34.8 Å². The number of aromatic nitrogens is 1. The summed E-state index contributed by atoms with van der Waals surface area (Å²) in [5.74, 6) is 1.51. The third-order valence-corrected chi connectivity index (χ3v) is 6.49. The number of hydrogen-bond acceptors (Lipinski definition) is 5. The molecule has 1 aliphatic heterocycles. The van der Waals surface area contributed by atoms with Crippen LogP contribution in [-0.2, 0) is 12.8 Å². The molecule has 1 aliphatic rings. The highest BCUT2D eigenvalue weighted by Crippen LogP contribution is 2.35. The smallest absolute Gasteiger partial charge is 0.173 e. The van der Waals surface area contributed by atoms with Crippen LogP contribution in [0.25, 0.3) is 0 Å². The Hall–Kier alpha value is -3.34. The summed E-state index contributed by atoms with van der Waals surface area (Å²) in [6, 6.07) is 13.4. The SMILES string of the molecule is CCC(CC)CCc1ccc2c(c1)CC(=O)c1c(Nc3cc(O)ccc3C)ccnc1N2. The minimum Gasteiger partial charge on any atom is -0.508 e. The van der Waals surface area contributed by atoms with Gasteiger partial charge in [-0.3, -0.25) is 4.79 Å². The van der Waals surface area contributed by atoms with Crippen LogP contribution in [0.15, 0.2) is 48.7 Å². The minimum atomic E-state index is 0.0248. The van der Waals surface area contributed by atoms with Crippen LogP contribution < -0.4 is 10.6 Å². The lowest BCUT2D eigenvalue weighted by Gasteiger charge is -2.15. The molecule has 32 heavy (non-hydrogen) atoms. The van der Waals surface area contributed by atoms with Gasteiger partial charge in [0.15, 0.2) is 5.78 Å². The Morgan fingerprint density at radius 3 is 2.69 bits per heavy atom. The number of phenols is 1. The summed E-state index contributed by atoms with van der Waals surface area (Å²) in [7, 11) is 0. The number of Topliss-reactive ketones (excluding diaryl/α,β-unsaturated/α-hetero) is 1. The van der Waals surface area contributed by atoms with E-state index in [9.17, 15) is 9.90 Å². The number of nitrogens with one attached hydrogen (secondary N) is 2. The molecule has 3 N–H and O–H groups in total. The summed E-state index contributed by atoms with van der Waals surface area (Å²) in [4.78, 5) is 17.8. The second-order valence-corrected chi connectivity index (χ2v) is 8.64. The number of fused-ring (bicyclic) bond motifs is 2. The van der Waals surface area contributed by atoms with Gasteiger partial charge < -0.3 is 15.7 Å². The van der Waals surface area contributed by atoms with Gasteiger partial charge in [0.2, 0.25) is 0 Å². The Balaban J connectivity index is 1.61. The van der Waals surface area contributed by atoms with Crippen molar-refractivity contribution >= 4 is 28.7 Å². The first kappa shape index (κ1) is 21.9. The average Bonchev–Trinajstić information content (AvgIpc) is 2.92. The summed E-state index contributed by atoms with van der Waals surface area (Å²) in [6.45, 7) is 6.46. The van der Waals surface area contributed by atoms with E-state index >= 15 is 0 Å². The molecule has 0 radical (unpaired) electrons. The maximum atomic E-state index is 13.3. The van der Waals surface area contributed by atoms with E-state index in [-0.39, 0.29) is 11.5 Å². The van der Waals surface area contributed by atoms with Crippen LogP contribution in [0.5, 0.6) is 5.75 Å². The van der Waals surface area contributed by atoms with Gasteiger partial charge in [-0.1, -0.05) is 44.9 Å². The summed E-state index contributed by atoms with van der Waals surface area (Å²) >= 11 is 0. The molecule has 2 aromatic carbocycles. The number of nitrogens with zero attached hydrogens (tertiary/aromatic N) is 1. The van der Waals surface area contributed by atoms with Gasteiger partial charge in [-0.05, 0) is 60.6 Å². The second-order valence-electron chi connectivity index (χ2n) is 8.64. The van der Waals surface area contributed by atoms with Crippen molar-refractivity contribution in [2.75, 3.05) is 10.6 Å². The Morgan fingerprint density at radius 1 is 1.09 bits per heavy atom. The molecule has 0 aliphatic carbocycles. The van der Waals surface area contributed by atoms with Crippen LogP contribution in [0.2, 0.25) is 0 Å². The first-order valence-corrected chi connectivity index (χ1v) is 11.5. The fraction of sp³-hybridized carbons (Fsp3) is 0.333. The minimum absolute atomic E-state index is 0.0248. The van der Waals surface area contributed by atoms with E-state index in [1.54, 1.807) is 24.4 Å². The molecule has 0 saturated heterocycles. The number of anilines is 4. The zero-order valence-corrected chi connectivity index (χ0v) is 19.0. The van der Waals surface area contributed by atoms with E-state index in [0.29, 0.717) is 23.5 Å². The van der Waals surface area contributed by atoms with Crippen LogP contribution >= 0.6 is 0 Å². The van der Waals surface area contributed by atoms with Crippen LogP contribution in [0, 0.1) is 12.8 Å². The van der Waals surface area contributed by atoms with E-state index in [1.807, 2.05) is 13.0 Å². The molecule has 1 aromatic heterocycles. The molecule has 5 heteroatoms. The second kappa shape index (κ2) is 9.43. The van der Waals surface area contributed by atoms with E-state index in [2.05, 4.69) is 47.7 Å². The maximum absolute atomic E-state index is 13.3. The number of phenolic OH excluding ortho intramolecular Hbond substituents is 1. The number of benzene rings is 2. The number of aromatic hydroxyl groups is 1. The largest absolute Gasteiger partial charge is 0.508 e. The maximum Gasteiger partial charge on any atom is 0.173 e. The molecule has 2 heterocycles. The van der Waals surface area contributed by atoms with Crippen molar-refractivity contribution in [2.45, 2.75) is 52.9 Å². The molecule has 0 saturated carbocycles. The van der Waals surface area contributed by atoms with Gasteiger partial charge in [0.25, 0.3) is 0 Å². The van der Waals surface area contributed by atoms with Gasteiger partial charge in [0.1, 0.15) is 11.6 Å². The Labute approximate surface area is 189 Å². The van der Waals surface area contributed by atoms with Crippen molar-refractivity contribution in [1.82, 2.24) is 4.98 Å². The summed E-state index contributed by atoms with van der Waals surface area (Å²) in [5.41, 5.74) is 6.19. The molecular weight excluding hydrogens is 398 g/mol. The molecular formula is C27H31N3O2. The molecule has 4 rings (SSSR count). The zero-order chi connectivity index (χ0) is 22.7. The lowest BCUT2D eigenvalue weighted by Crippen LogP contribution is -2.08. The third-order valence-electron chi connectivity index (χ3n) is 6.49. The van der Waals surface area contributed by atoms with Crippen LogP contribution in [-0.4, -0.2) is 15.9 Å². The van der Waals surface area contributed by atoms with Crippen LogP contribution in [0.4, 0.5) is 22.9 Å². The topological polar surface area (TPSA) is 74.2 Å². The lowest BCUT2D eigenvalue weighted by atomic mass is 9.93. The van der Waals surface area contributed by atoms with E-state index in [1.165, 1.54) is 24.8 Å². The summed E-state index contributed by atoms with van der Waals surface area (Å²) < 4.78 is 0. The number of ketones is 1. The zero-order valence-electron chi connectivity index (χ0n) is 19.0.